The normalized spacial score (nSPS) is 34.0. The Balaban J connectivity index is 1.28. The Morgan fingerprint density at radius 1 is 0.567 bits per heavy atom. The number of esters is 3. The van der Waals surface area contributed by atoms with Crippen LogP contribution < -0.4 is 0 Å². The summed E-state index contributed by atoms with van der Waals surface area (Å²) in [6, 6.07) is 0. The molecule has 0 N–H and O–H groups in total. The van der Waals surface area contributed by atoms with E-state index in [0.29, 0.717) is 58.3 Å². The average molecular weight is 426 g/mol. The summed E-state index contributed by atoms with van der Waals surface area (Å²) in [6.45, 7) is 2.98. The molecule has 1 saturated carbocycles. The van der Waals surface area contributed by atoms with Crippen molar-refractivity contribution in [3.8, 4) is 0 Å². The van der Waals surface area contributed by atoms with Gasteiger partial charge in [-0.25, -0.2) is 0 Å². The second kappa shape index (κ2) is 10.1. The second-order valence-corrected chi connectivity index (χ2v) is 8.53. The highest BCUT2D eigenvalue weighted by atomic mass is 16.6. The molecule has 0 aromatic carbocycles. The molecule has 0 aromatic rings. The molecule has 168 valence electrons. The van der Waals surface area contributed by atoms with E-state index in [1.807, 2.05) is 0 Å². The molecule has 1 aliphatic carbocycles. The number of carbonyl (C=O) groups excluding carboxylic acids is 3. The van der Waals surface area contributed by atoms with Gasteiger partial charge in [-0.1, -0.05) is 0 Å². The predicted molar refractivity (Wildman–Crippen MR) is 100 cm³/mol. The second-order valence-electron chi connectivity index (χ2n) is 8.53. The van der Waals surface area contributed by atoms with E-state index in [0.717, 1.165) is 0 Å². The van der Waals surface area contributed by atoms with Gasteiger partial charge < -0.3 is 28.4 Å². The van der Waals surface area contributed by atoms with Crippen LogP contribution in [0.2, 0.25) is 0 Å². The Labute approximate surface area is 175 Å². The molecule has 0 bridgehead atoms. The predicted octanol–water partition coefficient (Wildman–Crippen LogP) is 1.02. The van der Waals surface area contributed by atoms with Crippen LogP contribution in [-0.2, 0) is 42.8 Å². The molecule has 3 unspecified atom stereocenters. The Morgan fingerprint density at radius 2 is 0.833 bits per heavy atom. The summed E-state index contributed by atoms with van der Waals surface area (Å²) in [5.74, 6) is -2.68. The van der Waals surface area contributed by atoms with Crippen LogP contribution in [0.3, 0.4) is 0 Å². The molecule has 9 nitrogen and oxygen atoms in total. The lowest BCUT2D eigenvalue weighted by atomic mass is 9.75. The number of hydrogen-bond acceptors (Lipinski definition) is 9. The fourth-order valence-electron chi connectivity index (χ4n) is 3.83. The van der Waals surface area contributed by atoms with E-state index in [4.69, 9.17) is 28.4 Å². The standard InChI is InChI=1S/C21H30O9/c22-19(25-4-1-16-10-28-16)13-7-14(20(23)26-5-2-17-11-29-17)9-15(8-13)21(24)27-6-3-18-12-30-18/h13-18H,1-12H2. The van der Waals surface area contributed by atoms with Gasteiger partial charge in [-0.05, 0) is 19.3 Å². The molecule has 3 heterocycles. The van der Waals surface area contributed by atoms with Crippen molar-refractivity contribution in [2.75, 3.05) is 39.6 Å². The van der Waals surface area contributed by atoms with Gasteiger partial charge in [0.1, 0.15) is 0 Å². The van der Waals surface area contributed by atoms with Crippen molar-refractivity contribution in [3.63, 3.8) is 0 Å². The largest absolute Gasteiger partial charge is 0.465 e. The smallest absolute Gasteiger partial charge is 0.308 e. The third-order valence-electron chi connectivity index (χ3n) is 5.97. The van der Waals surface area contributed by atoms with Crippen molar-refractivity contribution < 1.29 is 42.8 Å². The minimum absolute atomic E-state index is 0.181. The number of rotatable bonds is 12. The molecule has 3 aliphatic heterocycles. The summed E-state index contributed by atoms with van der Waals surface area (Å²) in [5, 5.41) is 0. The van der Waals surface area contributed by atoms with E-state index < -0.39 is 17.8 Å². The first-order valence-corrected chi connectivity index (χ1v) is 10.9. The SMILES string of the molecule is O=C(OCCC1CO1)C1CC(C(=O)OCCC2CO2)CC(C(=O)OCCC2CO2)C1. The molecule has 4 aliphatic rings. The van der Waals surface area contributed by atoms with Crippen molar-refractivity contribution in [2.24, 2.45) is 17.8 Å². The van der Waals surface area contributed by atoms with E-state index >= 15 is 0 Å². The van der Waals surface area contributed by atoms with Crippen LogP contribution in [0.5, 0.6) is 0 Å². The van der Waals surface area contributed by atoms with Crippen LogP contribution in [-0.4, -0.2) is 75.9 Å². The van der Waals surface area contributed by atoms with Gasteiger partial charge in [0.05, 0.1) is 75.7 Å². The van der Waals surface area contributed by atoms with E-state index in [-0.39, 0.29) is 56.0 Å². The summed E-state index contributed by atoms with van der Waals surface area (Å²) in [7, 11) is 0. The quantitative estimate of drug-likeness (QED) is 0.256. The summed E-state index contributed by atoms with van der Waals surface area (Å²) in [4.78, 5) is 37.7. The summed E-state index contributed by atoms with van der Waals surface area (Å²) >= 11 is 0. The maximum atomic E-state index is 12.6. The number of carbonyl (C=O) groups is 3. The monoisotopic (exact) mass is 426 g/mol. The molecule has 0 radical (unpaired) electrons. The minimum Gasteiger partial charge on any atom is -0.465 e. The zero-order valence-electron chi connectivity index (χ0n) is 17.1. The maximum Gasteiger partial charge on any atom is 0.308 e. The molecule has 3 saturated heterocycles. The van der Waals surface area contributed by atoms with Crippen molar-refractivity contribution >= 4 is 17.9 Å². The van der Waals surface area contributed by atoms with E-state index in [9.17, 15) is 14.4 Å². The van der Waals surface area contributed by atoms with Crippen LogP contribution in [0, 0.1) is 17.8 Å². The van der Waals surface area contributed by atoms with Gasteiger partial charge >= 0.3 is 17.9 Å². The Bertz CT molecular complexity index is 532. The zero-order valence-corrected chi connectivity index (χ0v) is 17.1. The molecule has 30 heavy (non-hydrogen) atoms. The average Bonchev–Trinajstić information content (AvgIpc) is 3.58. The Kier molecular flexibility index (Phi) is 7.22. The maximum absolute atomic E-state index is 12.6. The van der Waals surface area contributed by atoms with Crippen molar-refractivity contribution in [2.45, 2.75) is 56.8 Å². The van der Waals surface area contributed by atoms with Gasteiger partial charge in [0.2, 0.25) is 0 Å². The Hall–Kier alpha value is -1.71. The van der Waals surface area contributed by atoms with Crippen LogP contribution in [0.4, 0.5) is 0 Å². The molecule has 0 aromatic heterocycles. The lowest BCUT2D eigenvalue weighted by Crippen LogP contribution is -2.37. The zero-order chi connectivity index (χ0) is 20.9. The highest BCUT2D eigenvalue weighted by Crippen LogP contribution is 2.36. The lowest BCUT2D eigenvalue weighted by Gasteiger charge is -2.31. The van der Waals surface area contributed by atoms with Gasteiger partial charge in [-0.3, -0.25) is 14.4 Å². The number of hydrogen-bond donors (Lipinski definition) is 0. The third-order valence-corrected chi connectivity index (χ3v) is 5.97. The molecule has 0 amide bonds. The van der Waals surface area contributed by atoms with E-state index in [1.54, 1.807) is 0 Å². The van der Waals surface area contributed by atoms with Crippen molar-refractivity contribution in [1.82, 2.24) is 0 Å². The van der Waals surface area contributed by atoms with Crippen LogP contribution in [0.1, 0.15) is 38.5 Å². The van der Waals surface area contributed by atoms with Gasteiger partial charge in [-0.2, -0.15) is 0 Å². The van der Waals surface area contributed by atoms with Crippen LogP contribution in [0.25, 0.3) is 0 Å². The van der Waals surface area contributed by atoms with Crippen LogP contribution >= 0.6 is 0 Å². The van der Waals surface area contributed by atoms with Gasteiger partial charge in [0.25, 0.3) is 0 Å². The topological polar surface area (TPSA) is 116 Å². The lowest BCUT2D eigenvalue weighted by molar-refractivity contribution is -0.161. The van der Waals surface area contributed by atoms with E-state index in [2.05, 4.69) is 0 Å². The van der Waals surface area contributed by atoms with Gasteiger partial charge in [0, 0.05) is 19.3 Å². The first-order valence-electron chi connectivity index (χ1n) is 10.9. The third kappa shape index (κ3) is 6.92. The molecular formula is C21H30O9. The number of ether oxygens (including phenoxy) is 6. The fourth-order valence-corrected chi connectivity index (χ4v) is 3.83. The van der Waals surface area contributed by atoms with Crippen LogP contribution in [0.15, 0.2) is 0 Å². The molecule has 0 spiro atoms. The fraction of sp³-hybridized carbons (Fsp3) is 0.857. The Morgan fingerprint density at radius 3 is 1.07 bits per heavy atom. The molecule has 4 fully saturated rings. The van der Waals surface area contributed by atoms with Crippen molar-refractivity contribution in [1.29, 1.82) is 0 Å². The molecule has 9 heteroatoms. The highest BCUT2D eigenvalue weighted by Gasteiger charge is 2.41. The minimum atomic E-state index is -0.521. The molecule has 3 atom stereocenters. The van der Waals surface area contributed by atoms with Gasteiger partial charge in [0.15, 0.2) is 0 Å². The molecule has 4 rings (SSSR count). The highest BCUT2D eigenvalue weighted by molar-refractivity contribution is 5.80. The summed E-state index contributed by atoms with van der Waals surface area (Å²) in [6.07, 6.45) is 3.54. The first-order chi connectivity index (χ1) is 14.6. The van der Waals surface area contributed by atoms with Crippen molar-refractivity contribution in [3.05, 3.63) is 0 Å². The van der Waals surface area contributed by atoms with Gasteiger partial charge in [-0.15, -0.1) is 0 Å². The first kappa shape index (κ1) is 21.5. The van der Waals surface area contributed by atoms with E-state index in [1.165, 1.54) is 0 Å². The number of epoxide rings is 3. The summed E-state index contributed by atoms with van der Waals surface area (Å²) < 4.78 is 31.5. The summed E-state index contributed by atoms with van der Waals surface area (Å²) in [5.41, 5.74) is 0. The molecular weight excluding hydrogens is 396 g/mol.